The zero-order chi connectivity index (χ0) is 29.2. The number of unbranched alkanes of at least 4 members (excludes halogenated alkanes) is 2. The first-order chi connectivity index (χ1) is 19.1. The fraction of sp³-hybridized carbons (Fsp3) is 0.516. The molecular formula is C31H41BrN2O6. The number of carbonyl (C=O) groups excluding carboxylic acids is 2. The molecule has 2 aromatic rings. The van der Waals surface area contributed by atoms with Crippen molar-refractivity contribution >= 4 is 33.7 Å². The molecule has 0 radical (unpaired) electrons. The maximum atomic E-state index is 14.0. The van der Waals surface area contributed by atoms with E-state index in [4.69, 9.17) is 24.3 Å². The number of rotatable bonds is 14. The van der Waals surface area contributed by atoms with E-state index in [0.717, 1.165) is 29.3 Å². The first-order valence-electron chi connectivity index (χ1n) is 13.9. The molecule has 0 aliphatic carbocycles. The summed E-state index contributed by atoms with van der Waals surface area (Å²) in [6.45, 7) is 8.53. The molecule has 218 valence electrons. The van der Waals surface area contributed by atoms with Crippen molar-refractivity contribution in [2.45, 2.75) is 83.5 Å². The van der Waals surface area contributed by atoms with Gasteiger partial charge in [-0.2, -0.15) is 0 Å². The van der Waals surface area contributed by atoms with Gasteiger partial charge in [0.05, 0.1) is 6.61 Å². The monoisotopic (exact) mass is 616 g/mol. The lowest BCUT2D eigenvalue weighted by atomic mass is 9.83. The number of hydrogen-bond donors (Lipinski definition) is 2. The molecule has 9 heteroatoms. The second-order valence-electron chi connectivity index (χ2n) is 10.9. The zero-order valence-electron chi connectivity index (χ0n) is 23.9. The van der Waals surface area contributed by atoms with Crippen LogP contribution in [0.3, 0.4) is 0 Å². The standard InChI is InChI=1S/C31H41BrN2O6/c1-5-6-9-19-33-29(37)31(18-17-26(36)40-30(2,3)4)27(24-11-7-8-12-25(24)32)39-28(34-31)22-13-15-23(16-14-22)38-21-10-20-35/h7-8,11-16,27,35H,5-6,9-10,17-21H2,1-4H3,(H,33,37)/t27-,31-/m1/s1. The van der Waals surface area contributed by atoms with Crippen molar-refractivity contribution < 1.29 is 28.9 Å². The first-order valence-corrected chi connectivity index (χ1v) is 14.7. The van der Waals surface area contributed by atoms with Crippen LogP contribution in [0.25, 0.3) is 0 Å². The highest BCUT2D eigenvalue weighted by atomic mass is 79.9. The molecule has 1 heterocycles. The number of benzene rings is 2. The largest absolute Gasteiger partial charge is 0.494 e. The Morgan fingerprint density at radius 1 is 1.10 bits per heavy atom. The Labute approximate surface area is 245 Å². The zero-order valence-corrected chi connectivity index (χ0v) is 25.5. The third-order valence-corrected chi connectivity index (χ3v) is 7.14. The molecule has 0 aromatic heterocycles. The van der Waals surface area contributed by atoms with Gasteiger partial charge in [-0.1, -0.05) is 53.9 Å². The summed E-state index contributed by atoms with van der Waals surface area (Å²) in [6, 6.07) is 14.8. The van der Waals surface area contributed by atoms with Crippen molar-refractivity contribution in [1.29, 1.82) is 0 Å². The van der Waals surface area contributed by atoms with E-state index >= 15 is 0 Å². The Morgan fingerprint density at radius 3 is 2.48 bits per heavy atom. The SMILES string of the molecule is CCCCCNC(=O)[C@]1(CCC(=O)OC(C)(C)C)N=C(c2ccc(OCCCO)cc2)O[C@@H]1c1ccccc1Br. The fourth-order valence-electron chi connectivity index (χ4n) is 4.45. The Bertz CT molecular complexity index is 1160. The molecule has 2 N–H and O–H groups in total. The number of aliphatic hydroxyl groups is 1. The van der Waals surface area contributed by atoms with Crippen LogP contribution in [-0.4, -0.2) is 53.8 Å². The van der Waals surface area contributed by atoms with Crippen LogP contribution in [0.5, 0.6) is 5.75 Å². The molecule has 1 aliphatic heterocycles. The molecule has 0 unspecified atom stereocenters. The van der Waals surface area contributed by atoms with Gasteiger partial charge in [0.15, 0.2) is 11.6 Å². The molecule has 0 spiro atoms. The van der Waals surface area contributed by atoms with Gasteiger partial charge in [0.25, 0.3) is 5.91 Å². The summed E-state index contributed by atoms with van der Waals surface area (Å²) in [5, 5.41) is 12.1. The average Bonchev–Trinajstić information content (AvgIpc) is 3.30. The van der Waals surface area contributed by atoms with Gasteiger partial charge in [-0.3, -0.25) is 9.59 Å². The Kier molecular flexibility index (Phi) is 11.6. The molecule has 40 heavy (non-hydrogen) atoms. The Hall–Kier alpha value is -2.91. The summed E-state index contributed by atoms with van der Waals surface area (Å²) in [5.74, 6) is 0.287. The molecule has 3 rings (SSSR count). The summed E-state index contributed by atoms with van der Waals surface area (Å²) in [4.78, 5) is 31.7. The lowest BCUT2D eigenvalue weighted by molar-refractivity contribution is -0.155. The van der Waals surface area contributed by atoms with Crippen LogP contribution in [0.1, 0.15) is 83.5 Å². The number of amides is 1. The molecule has 8 nitrogen and oxygen atoms in total. The Morgan fingerprint density at radius 2 is 1.82 bits per heavy atom. The van der Waals surface area contributed by atoms with Gasteiger partial charge in [0.2, 0.25) is 5.90 Å². The minimum Gasteiger partial charge on any atom is -0.494 e. The van der Waals surface area contributed by atoms with Crippen molar-refractivity contribution in [1.82, 2.24) is 5.32 Å². The van der Waals surface area contributed by atoms with Crippen LogP contribution in [0.15, 0.2) is 58.0 Å². The van der Waals surface area contributed by atoms with E-state index in [1.807, 2.05) is 57.2 Å². The smallest absolute Gasteiger partial charge is 0.306 e. The summed E-state index contributed by atoms with van der Waals surface area (Å²) in [7, 11) is 0. The second-order valence-corrected chi connectivity index (χ2v) is 11.7. The molecule has 0 fully saturated rings. The van der Waals surface area contributed by atoms with Gasteiger partial charge in [0, 0.05) is 41.6 Å². The van der Waals surface area contributed by atoms with Crippen LogP contribution in [-0.2, 0) is 19.1 Å². The number of esters is 1. The number of nitrogens with zero attached hydrogens (tertiary/aromatic N) is 1. The van der Waals surface area contributed by atoms with E-state index in [9.17, 15) is 9.59 Å². The highest BCUT2D eigenvalue weighted by Crippen LogP contribution is 2.45. The first kappa shape index (κ1) is 31.6. The maximum absolute atomic E-state index is 14.0. The van der Waals surface area contributed by atoms with Crippen LogP contribution < -0.4 is 10.1 Å². The van der Waals surface area contributed by atoms with Crippen molar-refractivity contribution in [3.63, 3.8) is 0 Å². The van der Waals surface area contributed by atoms with Crippen molar-refractivity contribution in [3.05, 3.63) is 64.1 Å². The van der Waals surface area contributed by atoms with E-state index in [1.165, 1.54) is 0 Å². The molecule has 0 bridgehead atoms. The number of nitrogens with one attached hydrogen (secondary N) is 1. The van der Waals surface area contributed by atoms with Crippen molar-refractivity contribution in [3.8, 4) is 5.75 Å². The number of carbonyl (C=O) groups is 2. The molecule has 0 saturated carbocycles. The predicted octanol–water partition coefficient (Wildman–Crippen LogP) is 5.90. The molecule has 1 aliphatic rings. The summed E-state index contributed by atoms with van der Waals surface area (Å²) in [5.41, 5.74) is -0.586. The number of halogens is 1. The predicted molar refractivity (Wildman–Crippen MR) is 158 cm³/mol. The van der Waals surface area contributed by atoms with Gasteiger partial charge in [-0.15, -0.1) is 0 Å². The lowest BCUT2D eigenvalue weighted by Gasteiger charge is -2.31. The van der Waals surface area contributed by atoms with E-state index in [0.29, 0.717) is 36.8 Å². The topological polar surface area (TPSA) is 106 Å². The highest BCUT2D eigenvalue weighted by Gasteiger charge is 2.53. The minimum atomic E-state index is -1.39. The normalized spacial score (nSPS) is 18.6. The van der Waals surface area contributed by atoms with Crippen LogP contribution in [0.2, 0.25) is 0 Å². The van der Waals surface area contributed by atoms with Crippen molar-refractivity contribution in [2.24, 2.45) is 4.99 Å². The van der Waals surface area contributed by atoms with E-state index in [1.54, 1.807) is 12.1 Å². The van der Waals surface area contributed by atoms with Crippen molar-refractivity contribution in [2.75, 3.05) is 19.8 Å². The fourth-order valence-corrected chi connectivity index (χ4v) is 4.94. The highest BCUT2D eigenvalue weighted by molar-refractivity contribution is 9.10. The maximum Gasteiger partial charge on any atom is 0.306 e. The molecule has 2 atom stereocenters. The molecule has 1 amide bonds. The minimum absolute atomic E-state index is 0.00161. The third kappa shape index (κ3) is 8.54. The lowest BCUT2D eigenvalue weighted by Crippen LogP contribution is -2.49. The number of hydrogen-bond acceptors (Lipinski definition) is 7. The average molecular weight is 618 g/mol. The summed E-state index contributed by atoms with van der Waals surface area (Å²) >= 11 is 3.63. The van der Waals surface area contributed by atoms with Crippen LogP contribution in [0, 0.1) is 0 Å². The van der Waals surface area contributed by atoms with E-state index in [2.05, 4.69) is 28.2 Å². The summed E-state index contributed by atoms with van der Waals surface area (Å²) < 4.78 is 18.5. The van der Waals surface area contributed by atoms with Crippen LogP contribution in [0.4, 0.5) is 0 Å². The number of aliphatic imine (C=N–C) groups is 1. The van der Waals surface area contributed by atoms with E-state index < -0.39 is 23.2 Å². The molecule has 0 saturated heterocycles. The van der Waals surface area contributed by atoms with Gasteiger partial charge >= 0.3 is 5.97 Å². The molecule has 2 aromatic carbocycles. The van der Waals surface area contributed by atoms with Gasteiger partial charge in [0.1, 0.15) is 11.4 Å². The number of ether oxygens (including phenoxy) is 3. The van der Waals surface area contributed by atoms with Crippen LogP contribution >= 0.6 is 15.9 Å². The summed E-state index contributed by atoms with van der Waals surface area (Å²) in [6.07, 6.45) is 2.75. The van der Waals surface area contributed by atoms with Gasteiger partial charge < -0.3 is 24.6 Å². The van der Waals surface area contributed by atoms with Gasteiger partial charge in [-0.05, 0) is 63.9 Å². The third-order valence-electron chi connectivity index (χ3n) is 6.41. The van der Waals surface area contributed by atoms with Gasteiger partial charge in [-0.25, -0.2) is 4.99 Å². The molecular weight excluding hydrogens is 576 g/mol. The van der Waals surface area contributed by atoms with E-state index in [-0.39, 0.29) is 25.4 Å². The Balaban J connectivity index is 2.00. The number of aliphatic hydroxyl groups excluding tert-OH is 1. The second kappa shape index (κ2) is 14.6. The quantitative estimate of drug-likeness (QED) is 0.202.